The molecule has 2 aliphatic heterocycles. The van der Waals surface area contributed by atoms with Gasteiger partial charge in [0.15, 0.2) is 5.96 Å². The second-order valence-electron chi connectivity index (χ2n) is 9.23. The lowest BCUT2D eigenvalue weighted by atomic mass is 10.1. The van der Waals surface area contributed by atoms with Gasteiger partial charge in [-0.3, -0.25) is 4.99 Å². The zero-order valence-electron chi connectivity index (χ0n) is 20.5. The number of nitrogens with one attached hydrogen (secondary N) is 1. The van der Waals surface area contributed by atoms with E-state index in [1.165, 1.54) is 49.5 Å². The minimum atomic E-state index is 0.582. The zero-order chi connectivity index (χ0) is 22.2. The summed E-state index contributed by atoms with van der Waals surface area (Å²) >= 11 is 0. The Labute approximate surface area is 190 Å². The molecule has 1 aromatic carbocycles. The van der Waals surface area contributed by atoms with Crippen LogP contribution in [0.2, 0.25) is 0 Å². The quantitative estimate of drug-likeness (QED) is 0.534. The average molecular weight is 429 g/mol. The van der Waals surface area contributed by atoms with E-state index in [2.05, 4.69) is 77.7 Å². The lowest BCUT2D eigenvalue weighted by Crippen LogP contribution is -2.53. The van der Waals surface area contributed by atoms with Gasteiger partial charge in [-0.25, -0.2) is 0 Å². The maximum atomic E-state index is 5.04. The third-order valence-electron chi connectivity index (χ3n) is 6.87. The van der Waals surface area contributed by atoms with Gasteiger partial charge in [-0.2, -0.15) is 0 Å². The normalized spacial score (nSPS) is 20.2. The molecular weight excluding hydrogens is 384 g/mol. The van der Waals surface area contributed by atoms with Crippen molar-refractivity contribution in [3.63, 3.8) is 0 Å². The Hall–Kier alpha value is -1.79. The fraction of sp³-hybridized carbons (Fsp3) is 0.720. The molecule has 0 amide bonds. The molecule has 0 bridgehead atoms. The fourth-order valence-corrected chi connectivity index (χ4v) is 4.69. The van der Waals surface area contributed by atoms with Gasteiger partial charge >= 0.3 is 0 Å². The van der Waals surface area contributed by atoms with Gasteiger partial charge in [-0.1, -0.05) is 26.0 Å². The number of guanidine groups is 1. The summed E-state index contributed by atoms with van der Waals surface area (Å²) in [4.78, 5) is 15.2. The highest BCUT2D eigenvalue weighted by atomic mass is 15.3. The van der Waals surface area contributed by atoms with Crippen LogP contribution in [0.4, 0.5) is 5.69 Å². The Kier molecular flexibility index (Phi) is 9.02. The minimum absolute atomic E-state index is 0.582. The number of benzene rings is 1. The van der Waals surface area contributed by atoms with Crippen LogP contribution in [0.25, 0.3) is 0 Å². The molecular formula is C25H44N6. The van der Waals surface area contributed by atoms with Crippen molar-refractivity contribution in [3.05, 3.63) is 29.3 Å². The molecule has 2 fully saturated rings. The maximum absolute atomic E-state index is 5.04. The third kappa shape index (κ3) is 6.59. The van der Waals surface area contributed by atoms with Crippen molar-refractivity contribution in [2.75, 3.05) is 83.4 Å². The number of aryl methyl sites for hydroxylation is 1. The monoisotopic (exact) mass is 428 g/mol. The molecule has 1 aromatic rings. The first kappa shape index (κ1) is 23.9. The summed E-state index contributed by atoms with van der Waals surface area (Å²) in [5.41, 5.74) is 4.17. The summed E-state index contributed by atoms with van der Waals surface area (Å²) in [6.45, 7) is 24.3. The Morgan fingerprint density at radius 3 is 2.29 bits per heavy atom. The molecule has 0 aromatic heterocycles. The summed E-state index contributed by atoms with van der Waals surface area (Å²) in [6.07, 6.45) is 0. The Morgan fingerprint density at radius 1 is 0.968 bits per heavy atom. The number of piperazine rings is 2. The molecule has 6 heteroatoms. The smallest absolute Gasteiger partial charge is 0.194 e. The lowest BCUT2D eigenvalue weighted by Gasteiger charge is -2.38. The van der Waals surface area contributed by atoms with Crippen molar-refractivity contribution in [1.82, 2.24) is 20.0 Å². The third-order valence-corrected chi connectivity index (χ3v) is 6.87. The standard InChI is InChI=1S/C25H44N6/c1-6-26-25(27-19-21(3)20-29-13-11-28(7-2)12-14-29)31-17-15-30(16-18-31)24-10-8-9-22(4)23(24)5/h8-10,21H,6-7,11-20H2,1-5H3,(H,26,27). The van der Waals surface area contributed by atoms with Crippen LogP contribution in [0.15, 0.2) is 23.2 Å². The van der Waals surface area contributed by atoms with Crippen LogP contribution < -0.4 is 10.2 Å². The maximum Gasteiger partial charge on any atom is 0.194 e. The number of hydrogen-bond acceptors (Lipinski definition) is 4. The van der Waals surface area contributed by atoms with Gasteiger partial charge in [0.2, 0.25) is 0 Å². The van der Waals surface area contributed by atoms with Gasteiger partial charge in [0, 0.05) is 77.7 Å². The highest BCUT2D eigenvalue weighted by Gasteiger charge is 2.22. The van der Waals surface area contributed by atoms with Crippen molar-refractivity contribution < 1.29 is 0 Å². The molecule has 2 heterocycles. The number of rotatable bonds is 7. The van der Waals surface area contributed by atoms with Crippen molar-refractivity contribution in [3.8, 4) is 0 Å². The first-order valence-electron chi connectivity index (χ1n) is 12.3. The molecule has 1 atom stereocenters. The van der Waals surface area contributed by atoms with E-state index < -0.39 is 0 Å². The molecule has 3 rings (SSSR count). The highest BCUT2D eigenvalue weighted by Crippen LogP contribution is 2.23. The Balaban J connectivity index is 1.51. The van der Waals surface area contributed by atoms with Gasteiger partial charge in [0.05, 0.1) is 0 Å². The van der Waals surface area contributed by atoms with Crippen LogP contribution in [0.5, 0.6) is 0 Å². The van der Waals surface area contributed by atoms with Crippen LogP contribution in [0, 0.1) is 19.8 Å². The van der Waals surface area contributed by atoms with Gasteiger partial charge < -0.3 is 24.9 Å². The molecule has 31 heavy (non-hydrogen) atoms. The molecule has 0 radical (unpaired) electrons. The topological polar surface area (TPSA) is 37.4 Å². The molecule has 174 valence electrons. The van der Waals surface area contributed by atoms with Crippen LogP contribution in [-0.2, 0) is 0 Å². The summed E-state index contributed by atoms with van der Waals surface area (Å²) in [7, 11) is 0. The van der Waals surface area contributed by atoms with Crippen LogP contribution in [-0.4, -0.2) is 99.2 Å². The van der Waals surface area contributed by atoms with E-state index in [0.29, 0.717) is 5.92 Å². The van der Waals surface area contributed by atoms with Gasteiger partial charge in [0.1, 0.15) is 0 Å². The largest absolute Gasteiger partial charge is 0.368 e. The second-order valence-corrected chi connectivity index (χ2v) is 9.23. The number of likely N-dealkylation sites (N-methyl/N-ethyl adjacent to an activating group) is 1. The van der Waals surface area contributed by atoms with E-state index >= 15 is 0 Å². The minimum Gasteiger partial charge on any atom is -0.368 e. The summed E-state index contributed by atoms with van der Waals surface area (Å²) in [5, 5.41) is 3.54. The van der Waals surface area contributed by atoms with Crippen LogP contribution in [0.3, 0.4) is 0 Å². The molecule has 6 nitrogen and oxygen atoms in total. The lowest BCUT2D eigenvalue weighted by molar-refractivity contribution is 0.125. The predicted octanol–water partition coefficient (Wildman–Crippen LogP) is 2.66. The summed E-state index contributed by atoms with van der Waals surface area (Å²) in [6, 6.07) is 6.65. The van der Waals surface area contributed by atoms with E-state index in [-0.39, 0.29) is 0 Å². The first-order chi connectivity index (χ1) is 15.0. The van der Waals surface area contributed by atoms with Gasteiger partial charge in [0.25, 0.3) is 0 Å². The molecule has 2 saturated heterocycles. The van der Waals surface area contributed by atoms with Crippen molar-refractivity contribution >= 4 is 11.6 Å². The SMILES string of the molecule is CCNC(=NCC(C)CN1CCN(CC)CC1)N1CCN(c2cccc(C)c2C)CC1. The predicted molar refractivity (Wildman–Crippen MR) is 133 cm³/mol. The van der Waals surface area contributed by atoms with Crippen LogP contribution >= 0.6 is 0 Å². The second kappa shape index (κ2) is 11.7. The molecule has 0 saturated carbocycles. The average Bonchev–Trinajstić information content (AvgIpc) is 2.79. The zero-order valence-corrected chi connectivity index (χ0v) is 20.5. The Bertz CT molecular complexity index is 702. The Morgan fingerprint density at radius 2 is 1.65 bits per heavy atom. The number of aliphatic imine (C=N–C) groups is 1. The molecule has 1 unspecified atom stereocenters. The van der Waals surface area contributed by atoms with Gasteiger partial charge in [-0.05, 0) is 50.4 Å². The number of nitrogens with zero attached hydrogens (tertiary/aromatic N) is 5. The first-order valence-corrected chi connectivity index (χ1v) is 12.3. The van der Waals surface area contributed by atoms with E-state index in [0.717, 1.165) is 51.8 Å². The summed E-state index contributed by atoms with van der Waals surface area (Å²) < 4.78 is 0. The molecule has 0 aliphatic carbocycles. The van der Waals surface area contributed by atoms with Gasteiger partial charge in [-0.15, -0.1) is 0 Å². The fourth-order valence-electron chi connectivity index (χ4n) is 4.69. The van der Waals surface area contributed by atoms with Crippen LogP contribution in [0.1, 0.15) is 31.9 Å². The van der Waals surface area contributed by atoms with E-state index in [1.54, 1.807) is 0 Å². The number of anilines is 1. The van der Waals surface area contributed by atoms with E-state index in [4.69, 9.17) is 4.99 Å². The molecule has 2 aliphatic rings. The molecule has 1 N–H and O–H groups in total. The van der Waals surface area contributed by atoms with E-state index in [9.17, 15) is 0 Å². The van der Waals surface area contributed by atoms with Crippen molar-refractivity contribution in [1.29, 1.82) is 0 Å². The van der Waals surface area contributed by atoms with Crippen molar-refractivity contribution in [2.24, 2.45) is 10.9 Å². The summed E-state index contributed by atoms with van der Waals surface area (Å²) in [5.74, 6) is 1.67. The molecule has 0 spiro atoms. The number of hydrogen-bond donors (Lipinski definition) is 1. The van der Waals surface area contributed by atoms with E-state index in [1.807, 2.05) is 0 Å². The van der Waals surface area contributed by atoms with Crippen molar-refractivity contribution in [2.45, 2.75) is 34.6 Å². The highest BCUT2D eigenvalue weighted by molar-refractivity contribution is 5.80.